The van der Waals surface area contributed by atoms with Crippen LogP contribution in [-0.4, -0.2) is 17.6 Å². The Morgan fingerprint density at radius 2 is 2.36 bits per heavy atom. The Kier molecular flexibility index (Phi) is 5.14. The van der Waals surface area contributed by atoms with Crippen molar-refractivity contribution in [1.29, 1.82) is 0 Å². The molecule has 3 nitrogen and oxygen atoms in total. The van der Waals surface area contributed by atoms with Crippen LogP contribution in [0.4, 0.5) is 0 Å². The zero-order valence-corrected chi connectivity index (χ0v) is 10.0. The molecule has 0 spiro atoms. The Labute approximate surface area is 95.3 Å². The van der Waals surface area contributed by atoms with Crippen LogP contribution >= 0.6 is 27.3 Å². The minimum atomic E-state index is -0.731. The zero-order chi connectivity index (χ0) is 10.4. The van der Waals surface area contributed by atoms with E-state index in [0.717, 1.165) is 16.9 Å². The number of aliphatic carboxylic acids is 1. The van der Waals surface area contributed by atoms with Crippen molar-refractivity contribution >= 4 is 33.2 Å². The summed E-state index contributed by atoms with van der Waals surface area (Å²) in [6, 6.07) is 4.07. The lowest BCUT2D eigenvalue weighted by Crippen LogP contribution is -2.14. The molecule has 0 saturated carbocycles. The van der Waals surface area contributed by atoms with Gasteiger partial charge >= 0.3 is 5.97 Å². The number of carboxylic acid groups (broad SMARTS) is 1. The van der Waals surface area contributed by atoms with Crippen LogP contribution in [0.25, 0.3) is 0 Å². The van der Waals surface area contributed by atoms with E-state index in [1.165, 1.54) is 4.88 Å². The summed E-state index contributed by atoms with van der Waals surface area (Å²) in [5.74, 6) is -0.731. The number of thiophene rings is 1. The molecule has 0 aromatic carbocycles. The lowest BCUT2D eigenvalue weighted by atomic mass is 10.3. The zero-order valence-electron chi connectivity index (χ0n) is 7.62. The first-order valence-electron chi connectivity index (χ1n) is 4.35. The van der Waals surface area contributed by atoms with Gasteiger partial charge in [0, 0.05) is 17.8 Å². The van der Waals surface area contributed by atoms with E-state index < -0.39 is 5.97 Å². The molecule has 1 heterocycles. The molecule has 0 aliphatic heterocycles. The first-order valence-corrected chi connectivity index (χ1v) is 5.96. The highest BCUT2D eigenvalue weighted by atomic mass is 79.9. The van der Waals surface area contributed by atoms with Gasteiger partial charge in [-0.15, -0.1) is 11.3 Å². The van der Waals surface area contributed by atoms with Gasteiger partial charge in [-0.05, 0) is 41.0 Å². The summed E-state index contributed by atoms with van der Waals surface area (Å²) in [5, 5.41) is 11.6. The first-order chi connectivity index (χ1) is 6.68. The molecular formula is C9H12BrNO2S. The van der Waals surface area contributed by atoms with Crippen LogP contribution in [0.5, 0.6) is 0 Å². The molecule has 0 fully saturated rings. The van der Waals surface area contributed by atoms with Gasteiger partial charge < -0.3 is 10.4 Å². The third-order valence-corrected chi connectivity index (χ3v) is 3.30. The number of hydrogen-bond donors (Lipinski definition) is 2. The summed E-state index contributed by atoms with van der Waals surface area (Å²) >= 11 is 5.08. The standard InChI is InChI=1S/C9H12BrNO2S/c10-8-4-3-7(14-8)6-11-5-1-2-9(12)13/h3-4,11H,1-2,5-6H2,(H,12,13). The number of hydrogen-bond acceptors (Lipinski definition) is 3. The quantitative estimate of drug-likeness (QED) is 0.786. The molecule has 0 atom stereocenters. The summed E-state index contributed by atoms with van der Waals surface area (Å²) in [4.78, 5) is 11.5. The van der Waals surface area contributed by atoms with E-state index in [9.17, 15) is 4.79 Å². The van der Waals surface area contributed by atoms with Crippen LogP contribution in [0, 0.1) is 0 Å². The highest BCUT2D eigenvalue weighted by molar-refractivity contribution is 9.11. The van der Waals surface area contributed by atoms with Gasteiger partial charge in [0.1, 0.15) is 0 Å². The summed E-state index contributed by atoms with van der Waals surface area (Å²) in [6.45, 7) is 1.57. The Morgan fingerprint density at radius 1 is 1.57 bits per heavy atom. The molecule has 1 aromatic heterocycles. The van der Waals surface area contributed by atoms with E-state index in [4.69, 9.17) is 5.11 Å². The van der Waals surface area contributed by atoms with Crippen molar-refractivity contribution in [2.45, 2.75) is 19.4 Å². The topological polar surface area (TPSA) is 49.3 Å². The van der Waals surface area contributed by atoms with E-state index in [2.05, 4.69) is 27.3 Å². The van der Waals surface area contributed by atoms with Crippen molar-refractivity contribution in [1.82, 2.24) is 5.32 Å². The average molecular weight is 278 g/mol. The Hall–Kier alpha value is -0.390. The lowest BCUT2D eigenvalue weighted by molar-refractivity contribution is -0.137. The summed E-state index contributed by atoms with van der Waals surface area (Å²) in [6.07, 6.45) is 0.920. The molecule has 0 amide bonds. The Balaban J connectivity index is 2.07. The molecule has 0 unspecified atom stereocenters. The van der Waals surface area contributed by atoms with Crippen molar-refractivity contribution in [3.63, 3.8) is 0 Å². The van der Waals surface area contributed by atoms with Crippen LogP contribution in [0.15, 0.2) is 15.9 Å². The smallest absolute Gasteiger partial charge is 0.303 e. The van der Waals surface area contributed by atoms with Gasteiger partial charge in [0.05, 0.1) is 3.79 Å². The van der Waals surface area contributed by atoms with Crippen LogP contribution in [0.2, 0.25) is 0 Å². The Morgan fingerprint density at radius 3 is 2.93 bits per heavy atom. The molecule has 0 bridgehead atoms. The van der Waals surface area contributed by atoms with Crippen LogP contribution in [-0.2, 0) is 11.3 Å². The number of carboxylic acids is 1. The van der Waals surface area contributed by atoms with Crippen molar-refractivity contribution in [2.75, 3.05) is 6.54 Å². The molecule has 1 aromatic rings. The number of rotatable bonds is 6. The van der Waals surface area contributed by atoms with Gasteiger partial charge in [0.25, 0.3) is 0 Å². The molecule has 2 N–H and O–H groups in total. The minimum absolute atomic E-state index is 0.237. The van der Waals surface area contributed by atoms with Gasteiger partial charge in [0.15, 0.2) is 0 Å². The van der Waals surface area contributed by atoms with Gasteiger partial charge in [-0.2, -0.15) is 0 Å². The molecule has 0 aliphatic rings. The fourth-order valence-electron chi connectivity index (χ4n) is 1.02. The Bertz CT molecular complexity index is 301. The predicted octanol–water partition coefficient (Wildman–Crippen LogP) is 2.47. The third kappa shape index (κ3) is 4.74. The maximum Gasteiger partial charge on any atom is 0.303 e. The normalized spacial score (nSPS) is 10.4. The van der Waals surface area contributed by atoms with Crippen LogP contribution in [0.1, 0.15) is 17.7 Å². The third-order valence-electron chi connectivity index (χ3n) is 1.67. The van der Waals surface area contributed by atoms with E-state index in [0.29, 0.717) is 6.42 Å². The maximum atomic E-state index is 10.2. The van der Waals surface area contributed by atoms with E-state index in [1.807, 2.05) is 6.07 Å². The van der Waals surface area contributed by atoms with Crippen molar-refractivity contribution in [3.05, 3.63) is 20.8 Å². The number of halogens is 1. The molecule has 0 radical (unpaired) electrons. The van der Waals surface area contributed by atoms with Crippen molar-refractivity contribution in [3.8, 4) is 0 Å². The molecule has 0 saturated heterocycles. The fraction of sp³-hybridized carbons (Fsp3) is 0.444. The van der Waals surface area contributed by atoms with E-state index in [-0.39, 0.29) is 6.42 Å². The number of nitrogens with one attached hydrogen (secondary N) is 1. The predicted molar refractivity (Wildman–Crippen MR) is 60.6 cm³/mol. The summed E-state index contributed by atoms with van der Waals surface area (Å²) < 4.78 is 1.12. The lowest BCUT2D eigenvalue weighted by Gasteiger charge is -2.00. The van der Waals surface area contributed by atoms with Gasteiger partial charge in [-0.25, -0.2) is 0 Å². The van der Waals surface area contributed by atoms with Crippen molar-refractivity contribution in [2.24, 2.45) is 0 Å². The number of carbonyl (C=O) groups is 1. The fourth-order valence-corrected chi connectivity index (χ4v) is 2.48. The van der Waals surface area contributed by atoms with Gasteiger partial charge in [-0.1, -0.05) is 0 Å². The van der Waals surface area contributed by atoms with Crippen molar-refractivity contribution < 1.29 is 9.90 Å². The monoisotopic (exact) mass is 277 g/mol. The largest absolute Gasteiger partial charge is 0.481 e. The summed E-state index contributed by atoms with van der Waals surface area (Å²) in [7, 11) is 0. The van der Waals surface area contributed by atoms with E-state index in [1.54, 1.807) is 11.3 Å². The minimum Gasteiger partial charge on any atom is -0.481 e. The molecule has 14 heavy (non-hydrogen) atoms. The average Bonchev–Trinajstić information content (AvgIpc) is 2.50. The molecule has 1 rings (SSSR count). The molecular weight excluding hydrogens is 266 g/mol. The SMILES string of the molecule is O=C(O)CCCNCc1ccc(Br)s1. The molecule has 5 heteroatoms. The first kappa shape index (κ1) is 11.7. The van der Waals surface area contributed by atoms with Crippen LogP contribution in [0.3, 0.4) is 0 Å². The molecule has 0 aliphatic carbocycles. The second kappa shape index (κ2) is 6.16. The van der Waals surface area contributed by atoms with Gasteiger partial charge in [0.2, 0.25) is 0 Å². The highest BCUT2D eigenvalue weighted by Gasteiger charge is 1.98. The van der Waals surface area contributed by atoms with Crippen LogP contribution < -0.4 is 5.32 Å². The second-order valence-electron chi connectivity index (χ2n) is 2.88. The second-order valence-corrected chi connectivity index (χ2v) is 5.43. The van der Waals surface area contributed by atoms with E-state index >= 15 is 0 Å². The maximum absolute atomic E-state index is 10.2. The highest BCUT2D eigenvalue weighted by Crippen LogP contribution is 2.21. The van der Waals surface area contributed by atoms with Gasteiger partial charge in [-0.3, -0.25) is 4.79 Å². The summed E-state index contributed by atoms with van der Waals surface area (Å²) in [5.41, 5.74) is 0. The molecule has 78 valence electrons.